The Morgan fingerprint density at radius 1 is 1.19 bits per heavy atom. The van der Waals surface area contributed by atoms with Gasteiger partial charge in [-0.1, -0.05) is 0 Å². The van der Waals surface area contributed by atoms with E-state index in [2.05, 4.69) is 9.47 Å². The van der Waals surface area contributed by atoms with Crippen molar-refractivity contribution in [1.29, 1.82) is 0 Å². The van der Waals surface area contributed by atoms with Gasteiger partial charge in [0, 0.05) is 0 Å². The second-order valence-electron chi connectivity index (χ2n) is 3.65. The number of alkyl halides is 2. The molecular formula is C12H9F5O4. The Morgan fingerprint density at radius 2 is 1.81 bits per heavy atom. The number of benzene rings is 1. The summed E-state index contributed by atoms with van der Waals surface area (Å²) in [6.45, 7) is -2.22. The third kappa shape index (κ3) is 4.14. The predicted octanol–water partition coefficient (Wildman–Crippen LogP) is 2.84. The van der Waals surface area contributed by atoms with Crippen molar-refractivity contribution in [3.8, 4) is 5.75 Å². The SMILES string of the molecule is CCOC(=O)CC(=O)c1cc(F)c(F)c(OC(F)F)c1F. The minimum atomic E-state index is -3.62. The standard InChI is InChI=1S/C12H9F5O4/c1-2-20-8(19)4-7(18)5-3-6(13)10(15)11(9(5)14)21-12(16)17/h3,12H,2,4H2,1H3. The first-order valence-electron chi connectivity index (χ1n) is 5.59. The Bertz CT molecular complexity index is 559. The van der Waals surface area contributed by atoms with Crippen LogP contribution in [-0.4, -0.2) is 25.0 Å². The molecule has 1 aromatic rings. The van der Waals surface area contributed by atoms with Gasteiger partial charge < -0.3 is 9.47 Å². The summed E-state index contributed by atoms with van der Waals surface area (Å²) < 4.78 is 72.0. The van der Waals surface area contributed by atoms with Crippen LogP contribution in [0, 0.1) is 17.5 Å². The molecule has 0 radical (unpaired) electrons. The molecule has 0 unspecified atom stereocenters. The van der Waals surface area contributed by atoms with Gasteiger partial charge in [0.05, 0.1) is 12.2 Å². The predicted molar refractivity (Wildman–Crippen MR) is 58.5 cm³/mol. The first-order chi connectivity index (χ1) is 9.77. The summed E-state index contributed by atoms with van der Waals surface area (Å²) in [7, 11) is 0. The van der Waals surface area contributed by atoms with E-state index < -0.39 is 53.5 Å². The van der Waals surface area contributed by atoms with Crippen molar-refractivity contribution in [3.63, 3.8) is 0 Å². The normalized spacial score (nSPS) is 10.6. The number of esters is 1. The van der Waals surface area contributed by atoms with Gasteiger partial charge in [-0.05, 0) is 13.0 Å². The zero-order chi connectivity index (χ0) is 16.2. The highest BCUT2D eigenvalue weighted by atomic mass is 19.3. The lowest BCUT2D eigenvalue weighted by Crippen LogP contribution is -2.15. The van der Waals surface area contributed by atoms with E-state index >= 15 is 0 Å². The van der Waals surface area contributed by atoms with Crippen LogP contribution in [-0.2, 0) is 9.53 Å². The highest BCUT2D eigenvalue weighted by Crippen LogP contribution is 2.29. The van der Waals surface area contributed by atoms with Gasteiger partial charge in [-0.3, -0.25) is 9.59 Å². The summed E-state index contributed by atoms with van der Waals surface area (Å²) in [5, 5.41) is 0. The van der Waals surface area contributed by atoms with E-state index in [1.54, 1.807) is 0 Å². The number of ether oxygens (including phenoxy) is 2. The van der Waals surface area contributed by atoms with Crippen molar-refractivity contribution < 1.29 is 41.0 Å². The molecule has 116 valence electrons. The third-order valence-electron chi connectivity index (χ3n) is 2.23. The summed E-state index contributed by atoms with van der Waals surface area (Å²) in [6.07, 6.45) is -0.954. The van der Waals surface area contributed by atoms with Crippen LogP contribution in [0.1, 0.15) is 23.7 Å². The lowest BCUT2D eigenvalue weighted by atomic mass is 10.1. The van der Waals surface area contributed by atoms with Crippen molar-refractivity contribution in [2.45, 2.75) is 20.0 Å². The first-order valence-corrected chi connectivity index (χ1v) is 5.59. The highest BCUT2D eigenvalue weighted by Gasteiger charge is 2.27. The fourth-order valence-corrected chi connectivity index (χ4v) is 1.41. The number of carbonyl (C=O) groups excluding carboxylic acids is 2. The van der Waals surface area contributed by atoms with Crippen molar-refractivity contribution in [1.82, 2.24) is 0 Å². The van der Waals surface area contributed by atoms with Crippen molar-refractivity contribution in [2.75, 3.05) is 6.61 Å². The van der Waals surface area contributed by atoms with Crippen LogP contribution in [0.3, 0.4) is 0 Å². The van der Waals surface area contributed by atoms with Crippen LogP contribution >= 0.6 is 0 Å². The van der Waals surface area contributed by atoms with E-state index in [0.29, 0.717) is 0 Å². The van der Waals surface area contributed by atoms with Crippen LogP contribution in [0.5, 0.6) is 5.75 Å². The highest BCUT2D eigenvalue weighted by molar-refractivity contribution is 6.06. The van der Waals surface area contributed by atoms with E-state index in [0.717, 1.165) is 0 Å². The maximum absolute atomic E-state index is 13.7. The molecule has 0 saturated heterocycles. The lowest BCUT2D eigenvalue weighted by molar-refractivity contribution is -0.141. The molecule has 0 aliphatic carbocycles. The quantitative estimate of drug-likeness (QED) is 0.266. The minimum absolute atomic E-state index is 0.0495. The molecule has 0 N–H and O–H groups in total. The number of carbonyl (C=O) groups is 2. The number of Topliss-reactive ketones (excluding diaryl/α,β-unsaturated/α-hetero) is 1. The summed E-state index contributed by atoms with van der Waals surface area (Å²) in [5.41, 5.74) is -1.09. The van der Waals surface area contributed by atoms with Crippen LogP contribution in [0.4, 0.5) is 22.0 Å². The van der Waals surface area contributed by atoms with Gasteiger partial charge >= 0.3 is 12.6 Å². The number of halogens is 5. The largest absolute Gasteiger partial charge is 0.466 e. The van der Waals surface area contributed by atoms with E-state index in [-0.39, 0.29) is 12.7 Å². The van der Waals surface area contributed by atoms with Gasteiger partial charge in [0.1, 0.15) is 6.42 Å². The molecule has 0 aromatic heterocycles. The van der Waals surface area contributed by atoms with E-state index in [1.807, 2.05) is 0 Å². The maximum Gasteiger partial charge on any atom is 0.387 e. The second kappa shape index (κ2) is 7.00. The minimum Gasteiger partial charge on any atom is -0.466 e. The molecule has 21 heavy (non-hydrogen) atoms. The topological polar surface area (TPSA) is 52.6 Å². The smallest absolute Gasteiger partial charge is 0.387 e. The van der Waals surface area contributed by atoms with E-state index in [4.69, 9.17) is 0 Å². The Balaban J connectivity index is 3.16. The fraction of sp³-hybridized carbons (Fsp3) is 0.333. The van der Waals surface area contributed by atoms with Gasteiger partial charge in [0.15, 0.2) is 17.4 Å². The summed E-state index contributed by atoms with van der Waals surface area (Å²) in [4.78, 5) is 22.6. The van der Waals surface area contributed by atoms with E-state index in [1.165, 1.54) is 6.92 Å². The molecule has 0 aliphatic rings. The molecule has 9 heteroatoms. The number of rotatable bonds is 6. The van der Waals surface area contributed by atoms with Gasteiger partial charge in [0.2, 0.25) is 11.6 Å². The zero-order valence-corrected chi connectivity index (χ0v) is 10.6. The molecule has 4 nitrogen and oxygen atoms in total. The number of ketones is 1. The number of hydrogen-bond donors (Lipinski definition) is 0. The molecule has 1 aromatic carbocycles. The average Bonchev–Trinajstić information content (AvgIpc) is 2.38. The second-order valence-corrected chi connectivity index (χ2v) is 3.65. The molecule has 0 spiro atoms. The molecule has 0 amide bonds. The molecule has 0 aliphatic heterocycles. The Kier molecular flexibility index (Phi) is 5.62. The molecule has 0 atom stereocenters. The van der Waals surface area contributed by atoms with Gasteiger partial charge in [-0.15, -0.1) is 0 Å². The number of hydrogen-bond acceptors (Lipinski definition) is 4. The van der Waals surface area contributed by atoms with Crippen molar-refractivity contribution in [2.24, 2.45) is 0 Å². The average molecular weight is 312 g/mol. The zero-order valence-electron chi connectivity index (χ0n) is 10.6. The van der Waals surface area contributed by atoms with Gasteiger partial charge in [-0.2, -0.15) is 13.2 Å². The monoisotopic (exact) mass is 312 g/mol. The molecule has 0 heterocycles. The van der Waals surface area contributed by atoms with Crippen molar-refractivity contribution >= 4 is 11.8 Å². The lowest BCUT2D eigenvalue weighted by Gasteiger charge is -2.10. The Morgan fingerprint density at radius 3 is 2.33 bits per heavy atom. The first kappa shape index (κ1) is 16.9. The maximum atomic E-state index is 13.7. The molecule has 0 bridgehead atoms. The summed E-state index contributed by atoms with van der Waals surface area (Å²) >= 11 is 0. The van der Waals surface area contributed by atoms with Crippen molar-refractivity contribution in [3.05, 3.63) is 29.1 Å². The summed E-state index contributed by atoms with van der Waals surface area (Å²) in [5.74, 6) is -9.59. The Hall–Kier alpha value is -2.19. The van der Waals surface area contributed by atoms with Gasteiger partial charge in [0.25, 0.3) is 0 Å². The molecule has 1 rings (SSSR count). The Labute approximate surface area is 115 Å². The van der Waals surface area contributed by atoms with Crippen LogP contribution in [0.2, 0.25) is 0 Å². The van der Waals surface area contributed by atoms with Crippen LogP contribution in [0.15, 0.2) is 6.07 Å². The fourth-order valence-electron chi connectivity index (χ4n) is 1.41. The van der Waals surface area contributed by atoms with Crippen LogP contribution < -0.4 is 4.74 Å². The van der Waals surface area contributed by atoms with E-state index in [9.17, 15) is 31.5 Å². The third-order valence-corrected chi connectivity index (χ3v) is 2.23. The molecule has 0 saturated carbocycles. The summed E-state index contributed by atoms with van der Waals surface area (Å²) in [6, 6.07) is 0.157. The van der Waals surface area contributed by atoms with Crippen LogP contribution in [0.25, 0.3) is 0 Å². The molecular weight excluding hydrogens is 303 g/mol. The van der Waals surface area contributed by atoms with Gasteiger partial charge in [-0.25, -0.2) is 8.78 Å². The molecule has 0 fully saturated rings.